The van der Waals surface area contributed by atoms with Crippen LogP contribution in [0.15, 0.2) is 6.07 Å². The maximum Gasteiger partial charge on any atom is 0.223 e. The quantitative estimate of drug-likeness (QED) is 0.825. The Balaban J connectivity index is 2.07. The van der Waals surface area contributed by atoms with Gasteiger partial charge >= 0.3 is 0 Å². The van der Waals surface area contributed by atoms with Crippen LogP contribution >= 0.6 is 24.0 Å². The molecule has 1 aromatic heterocycles. The van der Waals surface area contributed by atoms with Gasteiger partial charge in [-0.2, -0.15) is 11.8 Å². The molecule has 1 saturated heterocycles. The van der Waals surface area contributed by atoms with Crippen molar-refractivity contribution in [2.24, 2.45) is 5.73 Å². The molecule has 6 heteroatoms. The second kappa shape index (κ2) is 5.40. The molecule has 3 N–H and O–H groups in total. The third kappa shape index (κ3) is 3.32. The number of nitrogens with zero attached hydrogens (tertiary/aromatic N) is 2. The zero-order valence-corrected chi connectivity index (χ0v) is 12.3. The van der Waals surface area contributed by atoms with Gasteiger partial charge in [0, 0.05) is 17.0 Å². The zero-order valence-electron chi connectivity index (χ0n) is 10.7. The molecule has 1 atom stereocenters. The molecule has 1 unspecified atom stereocenters. The number of hydrogen-bond donors (Lipinski definition) is 2. The number of anilines is 1. The zero-order chi connectivity index (χ0) is 13.2. The van der Waals surface area contributed by atoms with Crippen molar-refractivity contribution in [1.82, 2.24) is 9.97 Å². The molecule has 0 saturated carbocycles. The van der Waals surface area contributed by atoms with E-state index in [2.05, 4.69) is 22.2 Å². The van der Waals surface area contributed by atoms with E-state index in [9.17, 15) is 0 Å². The van der Waals surface area contributed by atoms with Crippen LogP contribution in [0.2, 0.25) is 0 Å². The van der Waals surface area contributed by atoms with E-state index in [1.54, 1.807) is 6.07 Å². The molecule has 4 nitrogen and oxygen atoms in total. The van der Waals surface area contributed by atoms with Crippen molar-refractivity contribution in [2.45, 2.75) is 31.4 Å². The minimum absolute atomic E-state index is 0.288. The smallest absolute Gasteiger partial charge is 0.223 e. The molecule has 2 rings (SSSR count). The van der Waals surface area contributed by atoms with E-state index < -0.39 is 0 Å². The summed E-state index contributed by atoms with van der Waals surface area (Å²) in [5.41, 5.74) is 7.11. The largest absolute Gasteiger partial charge is 0.388 e. The first-order valence-electron chi connectivity index (χ1n) is 6.02. The maximum atomic E-state index is 5.61. The number of nitrogens with two attached hydrogens (primary N) is 1. The molecule has 1 aliphatic rings. The highest BCUT2D eigenvalue weighted by molar-refractivity contribution is 8.00. The Morgan fingerprint density at radius 3 is 3.00 bits per heavy atom. The molecule has 0 bridgehead atoms. The molecule has 18 heavy (non-hydrogen) atoms. The first kappa shape index (κ1) is 13.5. The molecule has 0 aromatic carbocycles. The standard InChI is InChI=1S/C12H18N4S2/c1-8-6-9(10(13)17)16-11(15-8)14-7-12(2)4-3-5-18-12/h6H,3-5,7H2,1-2H3,(H2,13,17)(H,14,15,16). The monoisotopic (exact) mass is 282 g/mol. The Morgan fingerprint density at radius 2 is 2.39 bits per heavy atom. The van der Waals surface area contributed by atoms with Gasteiger partial charge in [0.1, 0.15) is 10.7 Å². The number of aromatic nitrogens is 2. The Kier molecular flexibility index (Phi) is 4.07. The lowest BCUT2D eigenvalue weighted by atomic mass is 10.1. The molecule has 1 fully saturated rings. The Hall–Kier alpha value is -0.880. The summed E-state index contributed by atoms with van der Waals surface area (Å²) < 4.78 is 0.288. The fourth-order valence-corrected chi connectivity index (χ4v) is 3.37. The van der Waals surface area contributed by atoms with E-state index in [4.69, 9.17) is 18.0 Å². The lowest BCUT2D eigenvalue weighted by Gasteiger charge is -2.23. The van der Waals surface area contributed by atoms with Crippen molar-refractivity contribution in [2.75, 3.05) is 17.6 Å². The molecule has 0 spiro atoms. The fourth-order valence-electron chi connectivity index (χ4n) is 2.02. The highest BCUT2D eigenvalue weighted by Gasteiger charge is 2.29. The second-order valence-electron chi connectivity index (χ2n) is 4.84. The summed E-state index contributed by atoms with van der Waals surface area (Å²) in [5.74, 6) is 1.86. The predicted octanol–water partition coefficient (Wildman–Crippen LogP) is 2.12. The molecule has 1 aromatic rings. The van der Waals surface area contributed by atoms with E-state index in [-0.39, 0.29) is 4.75 Å². The molecule has 2 heterocycles. The molecule has 0 aliphatic carbocycles. The Labute approximate surface area is 117 Å². The summed E-state index contributed by atoms with van der Waals surface area (Å²) in [5, 5.41) is 3.30. The van der Waals surface area contributed by atoms with E-state index >= 15 is 0 Å². The first-order chi connectivity index (χ1) is 8.48. The first-order valence-corrected chi connectivity index (χ1v) is 7.41. The van der Waals surface area contributed by atoms with Gasteiger partial charge in [0.15, 0.2) is 0 Å². The summed E-state index contributed by atoms with van der Waals surface area (Å²) in [4.78, 5) is 9.00. The van der Waals surface area contributed by atoms with Crippen molar-refractivity contribution < 1.29 is 0 Å². The van der Waals surface area contributed by atoms with Crippen LogP contribution in [0.5, 0.6) is 0 Å². The van der Waals surface area contributed by atoms with Crippen molar-refractivity contribution in [3.8, 4) is 0 Å². The number of hydrogen-bond acceptors (Lipinski definition) is 5. The lowest BCUT2D eigenvalue weighted by molar-refractivity contribution is 0.632. The normalized spacial score (nSPS) is 23.0. The number of thiocarbonyl (C=S) groups is 1. The third-order valence-corrected chi connectivity index (χ3v) is 4.77. The van der Waals surface area contributed by atoms with Crippen LogP contribution in [-0.2, 0) is 0 Å². The van der Waals surface area contributed by atoms with Gasteiger partial charge in [-0.25, -0.2) is 9.97 Å². The van der Waals surface area contributed by atoms with Crippen LogP contribution in [-0.4, -0.2) is 32.0 Å². The van der Waals surface area contributed by atoms with Crippen LogP contribution in [0, 0.1) is 6.92 Å². The van der Waals surface area contributed by atoms with Gasteiger partial charge in [-0.3, -0.25) is 0 Å². The van der Waals surface area contributed by atoms with Gasteiger partial charge in [0.2, 0.25) is 5.95 Å². The average molecular weight is 282 g/mol. The topological polar surface area (TPSA) is 63.8 Å². The van der Waals surface area contributed by atoms with Crippen LogP contribution < -0.4 is 11.1 Å². The number of nitrogens with one attached hydrogen (secondary N) is 1. The minimum atomic E-state index is 0.288. The summed E-state index contributed by atoms with van der Waals surface area (Å²) in [6, 6.07) is 1.81. The summed E-state index contributed by atoms with van der Waals surface area (Å²) in [6.45, 7) is 5.07. The van der Waals surface area contributed by atoms with Gasteiger partial charge in [0.25, 0.3) is 0 Å². The van der Waals surface area contributed by atoms with Crippen molar-refractivity contribution >= 4 is 34.9 Å². The lowest BCUT2D eigenvalue weighted by Crippen LogP contribution is -2.28. The van der Waals surface area contributed by atoms with Crippen LogP contribution in [0.3, 0.4) is 0 Å². The molecule has 0 radical (unpaired) electrons. The summed E-state index contributed by atoms with van der Waals surface area (Å²) >= 11 is 6.96. The molecule has 0 amide bonds. The van der Waals surface area contributed by atoms with Crippen molar-refractivity contribution in [3.05, 3.63) is 17.5 Å². The molecular formula is C12H18N4S2. The van der Waals surface area contributed by atoms with Gasteiger partial charge in [-0.15, -0.1) is 0 Å². The molecule has 98 valence electrons. The van der Waals surface area contributed by atoms with Crippen LogP contribution in [0.1, 0.15) is 31.2 Å². The van der Waals surface area contributed by atoms with Gasteiger partial charge < -0.3 is 11.1 Å². The van der Waals surface area contributed by atoms with Gasteiger partial charge in [0.05, 0.1) is 0 Å². The summed E-state index contributed by atoms with van der Waals surface area (Å²) in [7, 11) is 0. The second-order valence-corrected chi connectivity index (χ2v) is 6.96. The molecular weight excluding hydrogens is 264 g/mol. The minimum Gasteiger partial charge on any atom is -0.388 e. The van der Waals surface area contributed by atoms with Gasteiger partial charge in [-0.1, -0.05) is 12.2 Å². The highest BCUT2D eigenvalue weighted by Crippen LogP contribution is 2.37. The maximum absolute atomic E-state index is 5.61. The SMILES string of the molecule is Cc1cc(C(N)=S)nc(NCC2(C)CCCS2)n1. The Morgan fingerprint density at radius 1 is 1.61 bits per heavy atom. The van der Waals surface area contributed by atoms with Crippen molar-refractivity contribution in [1.29, 1.82) is 0 Å². The highest BCUT2D eigenvalue weighted by atomic mass is 32.2. The van der Waals surface area contributed by atoms with Crippen LogP contribution in [0.4, 0.5) is 5.95 Å². The predicted molar refractivity (Wildman–Crippen MR) is 81.2 cm³/mol. The fraction of sp³-hybridized carbons (Fsp3) is 0.583. The van der Waals surface area contributed by atoms with E-state index in [0.717, 1.165) is 12.2 Å². The van der Waals surface area contributed by atoms with E-state index in [1.807, 2.05) is 18.7 Å². The number of thioether (sulfide) groups is 1. The van der Waals surface area contributed by atoms with E-state index in [0.29, 0.717) is 16.6 Å². The average Bonchev–Trinajstić information content (AvgIpc) is 2.73. The van der Waals surface area contributed by atoms with E-state index in [1.165, 1.54) is 18.6 Å². The Bertz CT molecular complexity index is 455. The third-order valence-electron chi connectivity index (χ3n) is 3.03. The number of rotatable bonds is 4. The van der Waals surface area contributed by atoms with Gasteiger partial charge in [-0.05, 0) is 38.5 Å². The van der Waals surface area contributed by atoms with Crippen molar-refractivity contribution in [3.63, 3.8) is 0 Å². The van der Waals surface area contributed by atoms with Crippen LogP contribution in [0.25, 0.3) is 0 Å². The summed E-state index contributed by atoms with van der Waals surface area (Å²) in [6.07, 6.45) is 2.52. The number of aryl methyl sites for hydroxylation is 1. The molecule has 1 aliphatic heterocycles.